The second-order valence-corrected chi connectivity index (χ2v) is 5.99. The molecule has 1 aliphatic heterocycles. The highest BCUT2D eigenvalue weighted by atomic mass is 16.3. The molecule has 0 unspecified atom stereocenters. The molecule has 0 aliphatic carbocycles. The maximum absolute atomic E-state index is 12.5. The molecule has 4 rings (SSSR count). The summed E-state index contributed by atoms with van der Waals surface area (Å²) in [6, 6.07) is 13.1. The molecule has 1 aliphatic rings. The summed E-state index contributed by atoms with van der Waals surface area (Å²) in [6.45, 7) is 3.82. The maximum atomic E-state index is 12.5. The summed E-state index contributed by atoms with van der Waals surface area (Å²) in [6.07, 6.45) is 1.10. The van der Waals surface area contributed by atoms with Gasteiger partial charge in [0.15, 0.2) is 5.76 Å². The zero-order valence-corrected chi connectivity index (χ0v) is 13.9. The molecule has 3 heterocycles. The molecule has 0 bridgehead atoms. The Morgan fingerprint density at radius 2 is 2.12 bits per heavy atom. The quantitative estimate of drug-likeness (QED) is 0.649. The van der Waals surface area contributed by atoms with E-state index in [1.165, 1.54) is 10.6 Å². The number of hydrogen-bond acceptors (Lipinski definition) is 5. The zero-order valence-electron chi connectivity index (χ0n) is 13.9. The number of fused-ring (bicyclic) bond motifs is 1. The fourth-order valence-corrected chi connectivity index (χ4v) is 2.87. The van der Waals surface area contributed by atoms with Gasteiger partial charge < -0.3 is 4.42 Å². The lowest BCUT2D eigenvalue weighted by Crippen LogP contribution is -2.82. The van der Waals surface area contributed by atoms with E-state index in [0.29, 0.717) is 23.4 Å². The van der Waals surface area contributed by atoms with E-state index in [2.05, 4.69) is 20.6 Å². The van der Waals surface area contributed by atoms with Gasteiger partial charge in [0.05, 0.1) is 12.0 Å². The minimum atomic E-state index is -0.487. The van der Waals surface area contributed by atoms with Crippen LogP contribution in [0, 0.1) is 13.8 Å². The molecule has 2 aromatic heterocycles. The predicted octanol–water partition coefficient (Wildman–Crippen LogP) is 0.974. The largest absolute Gasteiger partial charge is 0.464 e. The van der Waals surface area contributed by atoms with Crippen molar-refractivity contribution in [1.82, 2.24) is 9.55 Å². The lowest BCUT2D eigenvalue weighted by molar-refractivity contribution is -0.523. The number of aromatic nitrogens is 2. The molecule has 3 aromatic rings. The highest BCUT2D eigenvalue weighted by Crippen LogP contribution is 2.17. The highest BCUT2D eigenvalue weighted by molar-refractivity contribution is 5.99. The van der Waals surface area contributed by atoms with Gasteiger partial charge in [0.25, 0.3) is 11.5 Å². The van der Waals surface area contributed by atoms with E-state index in [0.717, 1.165) is 11.3 Å². The number of hydrogen-bond donors (Lipinski definition) is 3. The number of nitrogens with zero attached hydrogens (tertiary/aromatic N) is 2. The fraction of sp³-hybridized carbons (Fsp3) is 0.167. The number of benzene rings is 1. The van der Waals surface area contributed by atoms with Crippen molar-refractivity contribution in [1.29, 1.82) is 0 Å². The SMILES string of the molecule is Cc1cccc(NC2=[NH+][C@@H](c3ccco3)n3c(nc(C)cc3=O)N2)c1. The minimum Gasteiger partial charge on any atom is -0.464 e. The third kappa shape index (κ3) is 2.91. The van der Waals surface area contributed by atoms with Crippen molar-refractivity contribution in [2.75, 3.05) is 10.6 Å². The Kier molecular flexibility index (Phi) is 3.61. The van der Waals surface area contributed by atoms with Crippen molar-refractivity contribution in [2.24, 2.45) is 0 Å². The average Bonchev–Trinajstić information content (AvgIpc) is 3.08. The Morgan fingerprint density at radius 1 is 1.24 bits per heavy atom. The lowest BCUT2D eigenvalue weighted by atomic mass is 10.2. The van der Waals surface area contributed by atoms with Crippen LogP contribution in [0.5, 0.6) is 0 Å². The average molecular weight is 336 g/mol. The van der Waals surface area contributed by atoms with Gasteiger partial charge in [-0.3, -0.25) is 4.79 Å². The Bertz CT molecular complexity index is 1000. The summed E-state index contributed by atoms with van der Waals surface area (Å²) in [7, 11) is 0. The van der Waals surface area contributed by atoms with E-state index in [1.54, 1.807) is 19.3 Å². The third-order valence-corrected chi connectivity index (χ3v) is 3.96. The van der Waals surface area contributed by atoms with Gasteiger partial charge in [0.1, 0.15) is 0 Å². The lowest BCUT2D eigenvalue weighted by Gasteiger charge is -2.21. The molecule has 0 saturated carbocycles. The molecule has 126 valence electrons. The van der Waals surface area contributed by atoms with Gasteiger partial charge in [0, 0.05) is 11.8 Å². The van der Waals surface area contributed by atoms with Crippen LogP contribution in [-0.2, 0) is 0 Å². The van der Waals surface area contributed by atoms with Crippen molar-refractivity contribution in [3.05, 3.63) is 76.1 Å². The molecule has 0 saturated heterocycles. The van der Waals surface area contributed by atoms with Gasteiger partial charge in [0.2, 0.25) is 6.17 Å². The highest BCUT2D eigenvalue weighted by Gasteiger charge is 2.30. The van der Waals surface area contributed by atoms with Crippen molar-refractivity contribution in [3.8, 4) is 0 Å². The Hall–Kier alpha value is -3.35. The number of rotatable bonds is 2. The van der Waals surface area contributed by atoms with Gasteiger partial charge >= 0.3 is 5.96 Å². The van der Waals surface area contributed by atoms with Crippen LogP contribution in [0.1, 0.15) is 23.2 Å². The van der Waals surface area contributed by atoms with E-state index in [4.69, 9.17) is 4.42 Å². The summed E-state index contributed by atoms with van der Waals surface area (Å²) in [5.41, 5.74) is 2.57. The number of anilines is 2. The number of guanidine groups is 1. The minimum absolute atomic E-state index is 0.154. The van der Waals surface area contributed by atoms with Gasteiger partial charge in [-0.25, -0.2) is 25.2 Å². The topological polar surface area (TPSA) is 86.1 Å². The molecule has 0 amide bonds. The van der Waals surface area contributed by atoms with E-state index >= 15 is 0 Å². The van der Waals surface area contributed by atoms with Crippen LogP contribution in [0.25, 0.3) is 0 Å². The van der Waals surface area contributed by atoms with Crippen LogP contribution in [0.15, 0.2) is 57.9 Å². The predicted molar refractivity (Wildman–Crippen MR) is 94.5 cm³/mol. The smallest absolute Gasteiger partial charge is 0.357 e. The van der Waals surface area contributed by atoms with E-state index in [9.17, 15) is 4.79 Å². The molecule has 0 fully saturated rings. The molecule has 25 heavy (non-hydrogen) atoms. The van der Waals surface area contributed by atoms with Crippen LogP contribution in [-0.4, -0.2) is 15.5 Å². The molecule has 0 radical (unpaired) electrons. The molecule has 0 spiro atoms. The fourth-order valence-electron chi connectivity index (χ4n) is 2.87. The molecule has 1 atom stereocenters. The van der Waals surface area contributed by atoms with Gasteiger partial charge in [-0.15, -0.1) is 0 Å². The first-order valence-corrected chi connectivity index (χ1v) is 7.98. The third-order valence-electron chi connectivity index (χ3n) is 3.96. The Labute approximate surface area is 144 Å². The van der Waals surface area contributed by atoms with Gasteiger partial charge in [-0.1, -0.05) is 12.1 Å². The molecular formula is C18H18N5O2+. The summed E-state index contributed by atoms with van der Waals surface area (Å²) < 4.78 is 7.05. The van der Waals surface area contributed by atoms with Crippen molar-refractivity contribution in [2.45, 2.75) is 20.0 Å². The first kappa shape index (κ1) is 15.2. The number of furan rings is 1. The zero-order chi connectivity index (χ0) is 17.4. The first-order valence-electron chi connectivity index (χ1n) is 7.98. The van der Waals surface area contributed by atoms with Gasteiger partial charge in [-0.05, 0) is 43.7 Å². The first-order chi connectivity index (χ1) is 12.1. The van der Waals surface area contributed by atoms with Crippen LogP contribution >= 0.6 is 0 Å². The van der Waals surface area contributed by atoms with Crippen LogP contribution < -0.4 is 21.2 Å². The van der Waals surface area contributed by atoms with Crippen LogP contribution in [0.2, 0.25) is 0 Å². The van der Waals surface area contributed by atoms with E-state index < -0.39 is 6.17 Å². The molecule has 7 nitrogen and oxygen atoms in total. The Morgan fingerprint density at radius 3 is 2.88 bits per heavy atom. The molecule has 3 N–H and O–H groups in total. The van der Waals surface area contributed by atoms with E-state index in [1.807, 2.05) is 37.3 Å². The van der Waals surface area contributed by atoms with Crippen molar-refractivity contribution < 1.29 is 9.41 Å². The Balaban J connectivity index is 1.78. The van der Waals surface area contributed by atoms with Crippen molar-refractivity contribution in [3.63, 3.8) is 0 Å². The van der Waals surface area contributed by atoms with Crippen molar-refractivity contribution >= 4 is 17.6 Å². The molecule has 1 aromatic carbocycles. The summed E-state index contributed by atoms with van der Waals surface area (Å²) >= 11 is 0. The normalized spacial score (nSPS) is 15.9. The second kappa shape index (κ2) is 5.94. The number of nitrogens with one attached hydrogen (secondary N) is 3. The molecule has 7 heteroatoms. The van der Waals surface area contributed by atoms with Crippen LogP contribution in [0.4, 0.5) is 11.6 Å². The summed E-state index contributed by atoms with van der Waals surface area (Å²) in [5, 5.41) is 6.43. The summed E-state index contributed by atoms with van der Waals surface area (Å²) in [4.78, 5) is 20.2. The van der Waals surface area contributed by atoms with Gasteiger partial charge in [-0.2, -0.15) is 0 Å². The monoisotopic (exact) mass is 336 g/mol. The number of aryl methyl sites for hydroxylation is 2. The standard InChI is InChI=1S/C18H17N5O2/c1-11-5-3-6-13(9-11)20-17-21-16(14-7-4-8-25-14)23-15(24)10-12(2)19-18(23)22-17/h3-10,16H,1-2H3,(H2,19,20,21,22)/p+1/t16-/m1/s1. The maximum Gasteiger partial charge on any atom is 0.357 e. The van der Waals surface area contributed by atoms with E-state index in [-0.39, 0.29) is 5.56 Å². The second-order valence-electron chi connectivity index (χ2n) is 5.99. The van der Waals surface area contributed by atoms with Crippen LogP contribution in [0.3, 0.4) is 0 Å². The molecular weight excluding hydrogens is 318 g/mol. The summed E-state index contributed by atoms with van der Waals surface area (Å²) in [5.74, 6) is 1.71.